The molecule has 1 aromatic heterocycles. The van der Waals surface area contributed by atoms with Gasteiger partial charge in [0.05, 0.1) is 0 Å². The molecule has 0 bridgehead atoms. The van der Waals surface area contributed by atoms with Crippen LogP contribution in [-0.4, -0.2) is 34.8 Å². The average molecular weight is 359 g/mol. The molecule has 140 valence electrons. The van der Waals surface area contributed by atoms with Crippen LogP contribution >= 0.6 is 0 Å². The van der Waals surface area contributed by atoms with E-state index < -0.39 is 5.60 Å². The number of benzene rings is 1. The van der Waals surface area contributed by atoms with Gasteiger partial charge in [0.1, 0.15) is 11.9 Å². The lowest BCUT2D eigenvalue weighted by Crippen LogP contribution is -2.47. The van der Waals surface area contributed by atoms with E-state index in [1.807, 2.05) is 31.2 Å². The van der Waals surface area contributed by atoms with E-state index in [1.54, 1.807) is 13.8 Å². The third-order valence-corrected chi connectivity index (χ3v) is 4.26. The summed E-state index contributed by atoms with van der Waals surface area (Å²) in [7, 11) is 0. The zero-order valence-electron chi connectivity index (χ0n) is 15.4. The van der Waals surface area contributed by atoms with Crippen molar-refractivity contribution >= 4 is 5.91 Å². The molecule has 0 radical (unpaired) electrons. The van der Waals surface area contributed by atoms with Gasteiger partial charge in [-0.15, -0.1) is 0 Å². The minimum Gasteiger partial charge on any atom is -0.478 e. The molecule has 1 aromatic carbocycles. The highest BCUT2D eigenvalue weighted by Crippen LogP contribution is 2.26. The monoisotopic (exact) mass is 359 g/mol. The number of aromatic nitrogens is 2. The lowest BCUT2D eigenvalue weighted by Gasteiger charge is -2.25. The van der Waals surface area contributed by atoms with Gasteiger partial charge in [-0.05, 0) is 45.7 Å². The Hall–Kier alpha value is -2.41. The van der Waals surface area contributed by atoms with E-state index >= 15 is 0 Å². The number of hydrogen-bond acceptors (Lipinski definition) is 6. The molecule has 1 amide bonds. The Morgan fingerprint density at radius 3 is 2.81 bits per heavy atom. The fourth-order valence-electron chi connectivity index (χ4n) is 2.72. The SMILES string of the molecule is Cc1ccc(OC(C)(C)C(=O)NCCc2noc(C3CCCO3)n2)cc1. The summed E-state index contributed by atoms with van der Waals surface area (Å²) in [4.78, 5) is 16.8. The first kappa shape index (κ1) is 18.4. The van der Waals surface area contributed by atoms with Crippen LogP contribution < -0.4 is 10.1 Å². The number of rotatable bonds is 7. The van der Waals surface area contributed by atoms with Crippen LogP contribution in [0.5, 0.6) is 5.75 Å². The van der Waals surface area contributed by atoms with E-state index in [-0.39, 0.29) is 12.0 Å². The number of ether oxygens (including phenoxy) is 2. The van der Waals surface area contributed by atoms with Crippen molar-refractivity contribution in [2.45, 2.75) is 51.7 Å². The molecule has 1 fully saturated rings. The van der Waals surface area contributed by atoms with Crippen LogP contribution in [0.2, 0.25) is 0 Å². The summed E-state index contributed by atoms with van der Waals surface area (Å²) < 4.78 is 16.6. The summed E-state index contributed by atoms with van der Waals surface area (Å²) in [5, 5.41) is 6.81. The minimum absolute atomic E-state index is 0.0901. The van der Waals surface area contributed by atoms with Crippen molar-refractivity contribution in [3.05, 3.63) is 41.5 Å². The highest BCUT2D eigenvalue weighted by molar-refractivity contribution is 5.84. The van der Waals surface area contributed by atoms with Gasteiger partial charge in [0.2, 0.25) is 0 Å². The van der Waals surface area contributed by atoms with Crippen LogP contribution in [-0.2, 0) is 16.0 Å². The fourth-order valence-corrected chi connectivity index (χ4v) is 2.72. The lowest BCUT2D eigenvalue weighted by atomic mass is 10.1. The standard InChI is InChI=1S/C19H25N3O4/c1-13-6-8-14(9-7-13)25-19(2,3)18(23)20-11-10-16-21-17(26-22-16)15-5-4-12-24-15/h6-9,15H,4-5,10-12H2,1-3H3,(H,20,23). The maximum absolute atomic E-state index is 12.4. The van der Waals surface area contributed by atoms with Crippen LogP contribution in [0.15, 0.2) is 28.8 Å². The zero-order chi connectivity index (χ0) is 18.6. The molecule has 7 nitrogen and oxygen atoms in total. The second kappa shape index (κ2) is 7.86. The highest BCUT2D eigenvalue weighted by Gasteiger charge is 2.30. The molecule has 0 aliphatic carbocycles. The highest BCUT2D eigenvalue weighted by atomic mass is 16.5. The predicted molar refractivity (Wildman–Crippen MR) is 94.8 cm³/mol. The van der Waals surface area contributed by atoms with Gasteiger partial charge in [-0.1, -0.05) is 22.9 Å². The first-order valence-corrected chi connectivity index (χ1v) is 8.92. The summed E-state index contributed by atoms with van der Waals surface area (Å²) in [6, 6.07) is 7.61. The Bertz CT molecular complexity index is 733. The summed E-state index contributed by atoms with van der Waals surface area (Å²) in [5.74, 6) is 1.55. The quantitative estimate of drug-likeness (QED) is 0.818. The number of hydrogen-bond donors (Lipinski definition) is 1. The summed E-state index contributed by atoms with van der Waals surface area (Å²) in [6.45, 7) is 6.63. The van der Waals surface area contributed by atoms with E-state index in [1.165, 1.54) is 0 Å². The third-order valence-electron chi connectivity index (χ3n) is 4.26. The van der Waals surface area contributed by atoms with Crippen LogP contribution in [0.25, 0.3) is 0 Å². The molecule has 2 heterocycles. The summed E-state index contributed by atoms with van der Waals surface area (Å²) in [5.41, 5.74) is 0.164. The Labute approximate surface area is 153 Å². The molecule has 1 aliphatic heterocycles. The molecule has 2 aromatic rings. The Kier molecular flexibility index (Phi) is 5.56. The van der Waals surface area contributed by atoms with E-state index in [2.05, 4.69) is 15.5 Å². The maximum Gasteiger partial charge on any atom is 0.263 e. The van der Waals surface area contributed by atoms with Gasteiger partial charge in [-0.3, -0.25) is 4.79 Å². The molecule has 26 heavy (non-hydrogen) atoms. The number of nitrogens with one attached hydrogen (secondary N) is 1. The van der Waals surface area contributed by atoms with E-state index in [9.17, 15) is 4.79 Å². The average Bonchev–Trinajstić information content (AvgIpc) is 3.28. The van der Waals surface area contributed by atoms with Crippen LogP contribution in [0.3, 0.4) is 0 Å². The molecule has 7 heteroatoms. The molecular formula is C19H25N3O4. The number of carbonyl (C=O) groups is 1. The first-order valence-electron chi connectivity index (χ1n) is 8.92. The lowest BCUT2D eigenvalue weighted by molar-refractivity contribution is -0.134. The van der Waals surface area contributed by atoms with Crippen molar-refractivity contribution in [2.75, 3.05) is 13.2 Å². The minimum atomic E-state index is -0.977. The van der Waals surface area contributed by atoms with E-state index in [0.29, 0.717) is 30.4 Å². The number of aryl methyl sites for hydroxylation is 1. The van der Waals surface area contributed by atoms with E-state index in [4.69, 9.17) is 14.0 Å². The number of carbonyl (C=O) groups excluding carboxylic acids is 1. The molecule has 1 atom stereocenters. The summed E-state index contributed by atoms with van der Waals surface area (Å²) >= 11 is 0. The van der Waals surface area contributed by atoms with Gasteiger partial charge < -0.3 is 19.3 Å². The maximum atomic E-state index is 12.4. The predicted octanol–water partition coefficient (Wildman–Crippen LogP) is 2.75. The molecule has 1 unspecified atom stereocenters. The molecule has 1 N–H and O–H groups in total. The van der Waals surface area contributed by atoms with Gasteiger partial charge >= 0.3 is 0 Å². The molecule has 0 saturated carbocycles. The van der Waals surface area contributed by atoms with Crippen molar-refractivity contribution in [1.29, 1.82) is 0 Å². The second-order valence-electron chi connectivity index (χ2n) is 6.98. The molecule has 0 spiro atoms. The van der Waals surface area contributed by atoms with Gasteiger partial charge in [0, 0.05) is 19.6 Å². The largest absolute Gasteiger partial charge is 0.478 e. The Morgan fingerprint density at radius 1 is 1.35 bits per heavy atom. The van der Waals surface area contributed by atoms with Gasteiger partial charge in [0.25, 0.3) is 11.8 Å². The van der Waals surface area contributed by atoms with Gasteiger partial charge in [-0.2, -0.15) is 4.98 Å². The molecule has 3 rings (SSSR count). The van der Waals surface area contributed by atoms with Crippen LogP contribution in [0.4, 0.5) is 0 Å². The number of amides is 1. The first-order chi connectivity index (χ1) is 12.4. The van der Waals surface area contributed by atoms with Crippen molar-refractivity contribution < 1.29 is 18.8 Å². The zero-order valence-corrected chi connectivity index (χ0v) is 15.4. The topological polar surface area (TPSA) is 86.5 Å². The van der Waals surface area contributed by atoms with Crippen molar-refractivity contribution in [2.24, 2.45) is 0 Å². The molecule has 1 aliphatic rings. The molecular weight excluding hydrogens is 334 g/mol. The second-order valence-corrected chi connectivity index (χ2v) is 6.98. The Morgan fingerprint density at radius 2 is 2.12 bits per heavy atom. The van der Waals surface area contributed by atoms with E-state index in [0.717, 1.165) is 25.0 Å². The van der Waals surface area contributed by atoms with Crippen LogP contribution in [0.1, 0.15) is 50.1 Å². The third kappa shape index (κ3) is 4.60. The molecule has 1 saturated heterocycles. The Balaban J connectivity index is 1.47. The van der Waals surface area contributed by atoms with Gasteiger partial charge in [0.15, 0.2) is 11.4 Å². The summed E-state index contributed by atoms with van der Waals surface area (Å²) in [6.07, 6.45) is 2.31. The van der Waals surface area contributed by atoms with Gasteiger partial charge in [-0.25, -0.2) is 0 Å². The van der Waals surface area contributed by atoms with Crippen molar-refractivity contribution in [3.63, 3.8) is 0 Å². The van der Waals surface area contributed by atoms with Crippen molar-refractivity contribution in [3.8, 4) is 5.75 Å². The normalized spacial score (nSPS) is 17.3. The number of nitrogens with zero attached hydrogens (tertiary/aromatic N) is 2. The van der Waals surface area contributed by atoms with Crippen LogP contribution in [0, 0.1) is 6.92 Å². The fraction of sp³-hybridized carbons (Fsp3) is 0.526. The van der Waals surface area contributed by atoms with Crippen molar-refractivity contribution in [1.82, 2.24) is 15.5 Å². The smallest absolute Gasteiger partial charge is 0.263 e.